The number of carbonyl (C=O) groups excluding carboxylic acids is 11. The van der Waals surface area contributed by atoms with Crippen molar-refractivity contribution in [2.45, 2.75) is 227 Å². The van der Waals surface area contributed by atoms with Crippen LogP contribution in [0.5, 0.6) is 0 Å². The summed E-state index contributed by atoms with van der Waals surface area (Å²) >= 11 is 0. The maximum absolute atomic E-state index is 15.2. The number of carboxylic acid groups (broad SMARTS) is 1. The van der Waals surface area contributed by atoms with Crippen LogP contribution in [0, 0.1) is 29.6 Å². The molecule has 2 aliphatic rings. The van der Waals surface area contributed by atoms with Crippen LogP contribution in [0.3, 0.4) is 0 Å². The van der Waals surface area contributed by atoms with E-state index in [1.54, 1.807) is 27.7 Å². The summed E-state index contributed by atoms with van der Waals surface area (Å²) in [6, 6.07) is -13.9. The molecule has 0 aromatic carbocycles. The van der Waals surface area contributed by atoms with Gasteiger partial charge in [-0.3, -0.25) is 62.4 Å². The smallest absolute Gasteiger partial charge is 0.303 e. The van der Waals surface area contributed by atoms with Crippen molar-refractivity contribution in [1.29, 1.82) is 0 Å². The van der Waals surface area contributed by atoms with E-state index < -0.39 is 168 Å². The number of aliphatic carboxylic acids is 1. The largest absolute Gasteiger partial charge is 0.481 e. The number of hydroxylamine groups is 1. The lowest BCUT2D eigenvalue weighted by atomic mass is 9.91. The fourth-order valence-corrected chi connectivity index (χ4v) is 11.3. The third-order valence-corrected chi connectivity index (χ3v) is 16.9. The summed E-state index contributed by atoms with van der Waals surface area (Å²) in [5, 5.41) is 20.2. The number of nitrogens with zero attached hydrogens (tertiary/aromatic N) is 7. The number of hydrogen-bond acceptors (Lipinski definition) is 15. The molecule has 0 saturated carbocycles. The highest BCUT2D eigenvalue weighted by Crippen LogP contribution is 2.27. The third-order valence-electron chi connectivity index (χ3n) is 16.9. The van der Waals surface area contributed by atoms with Gasteiger partial charge in [0.2, 0.25) is 65.0 Å². The second kappa shape index (κ2) is 36.3. The average Bonchev–Trinajstić information content (AvgIpc) is 2.00. The second-order valence-electron chi connectivity index (χ2n) is 26.2. The highest BCUT2D eigenvalue weighted by Gasteiger charge is 2.49. The molecule has 2 fully saturated rings. The van der Waals surface area contributed by atoms with Crippen LogP contribution in [0.4, 0.5) is 0 Å². The van der Waals surface area contributed by atoms with Gasteiger partial charge in [-0.15, -0.1) is 0 Å². The Labute approximate surface area is 534 Å². The van der Waals surface area contributed by atoms with Gasteiger partial charge >= 0.3 is 5.97 Å². The van der Waals surface area contributed by atoms with E-state index in [9.17, 15) is 43.5 Å². The highest BCUT2D eigenvalue weighted by molar-refractivity contribution is 6.00. The summed E-state index contributed by atoms with van der Waals surface area (Å²) in [6.07, 6.45) is 2.08. The summed E-state index contributed by atoms with van der Waals surface area (Å²) in [7, 11) is 9.73. The Kier molecular flexibility index (Phi) is 32.0. The molecule has 90 heavy (non-hydrogen) atoms. The minimum Gasteiger partial charge on any atom is -0.481 e. The number of fused-ring (bicyclic) bond motifs is 3. The number of nitrogens with one attached hydrogen (secondary N) is 5. The molecule has 14 atom stereocenters. The van der Waals surface area contributed by atoms with Gasteiger partial charge in [-0.05, 0) is 103 Å². The van der Waals surface area contributed by atoms with Crippen molar-refractivity contribution in [2.75, 3.05) is 62.5 Å². The molecule has 0 aromatic rings. The Morgan fingerprint density at radius 1 is 0.589 bits per heavy atom. The number of rotatable bonds is 17. The fourth-order valence-electron chi connectivity index (χ4n) is 11.3. The van der Waals surface area contributed by atoms with Gasteiger partial charge in [-0.1, -0.05) is 81.4 Å². The van der Waals surface area contributed by atoms with Gasteiger partial charge in [0, 0.05) is 62.4 Å². The van der Waals surface area contributed by atoms with E-state index in [-0.39, 0.29) is 62.9 Å². The molecule has 0 radical (unpaired) electrons. The molecule has 2 aliphatic heterocycles. The molecule has 6 N–H and O–H groups in total. The number of allylic oxidation sites excluding steroid dienone is 2. The van der Waals surface area contributed by atoms with Gasteiger partial charge in [0.25, 0.3) is 0 Å². The topological polar surface area (TPSA) is 326 Å². The minimum atomic E-state index is -1.50. The Morgan fingerprint density at radius 2 is 1.09 bits per heavy atom. The molecule has 0 aliphatic carbocycles. The Hall–Kier alpha value is -6.74. The zero-order valence-electron chi connectivity index (χ0n) is 57.7. The van der Waals surface area contributed by atoms with Crippen molar-refractivity contribution >= 4 is 70.9 Å². The summed E-state index contributed by atoms with van der Waals surface area (Å²) in [5.41, 5.74) is 2.95. The van der Waals surface area contributed by atoms with Crippen molar-refractivity contribution < 1.29 is 72.2 Å². The maximum atomic E-state index is 15.2. The summed E-state index contributed by atoms with van der Waals surface area (Å²) < 4.78 is 5.97. The van der Waals surface area contributed by atoms with E-state index >= 15 is 19.2 Å². The lowest BCUT2D eigenvalue weighted by Crippen LogP contribution is -2.68. The second-order valence-corrected chi connectivity index (χ2v) is 26.2. The molecule has 2 saturated heterocycles. The number of amides is 11. The minimum absolute atomic E-state index is 0.00163. The van der Waals surface area contributed by atoms with E-state index in [0.717, 1.165) is 9.80 Å². The molecule has 0 aromatic heterocycles. The summed E-state index contributed by atoms with van der Waals surface area (Å²) in [5.74, 6) is -10.6. The normalized spacial score (nSPS) is 28.3. The summed E-state index contributed by atoms with van der Waals surface area (Å²) in [6.45, 7) is 24.9. The first-order valence-electron chi connectivity index (χ1n) is 31.7. The van der Waals surface area contributed by atoms with Crippen molar-refractivity contribution in [2.24, 2.45) is 29.6 Å². The highest BCUT2D eigenvalue weighted by atomic mass is 16.7. The Bertz CT molecular complexity index is 2530. The van der Waals surface area contributed by atoms with Gasteiger partial charge in [0.15, 0.2) is 0 Å². The van der Waals surface area contributed by atoms with Crippen LogP contribution in [0.1, 0.15) is 149 Å². The van der Waals surface area contributed by atoms with E-state index in [4.69, 9.17) is 9.57 Å². The first-order valence-corrected chi connectivity index (χ1v) is 31.7. The van der Waals surface area contributed by atoms with Crippen LogP contribution in [-0.4, -0.2) is 252 Å². The fraction of sp³-hybridized carbons (Fsp3) is 0.778. The standard InChI is InChI=1S/C63H110N12O15/c1-23-25-27-38(11)53-52-57(82)66-43(24-2)59(84)69(16)33-47(76)73(20)51(42(15)89-29-26-28-48(77)78)56(81)67-49(37(9)10)62(87)70(17)44(30-34(3)4)55(80)64-40(13)54(79)65-41(14)58(83)71(18)45(31-35(5)6)60(85)72(19)46(32-36(7)8)61(86)74(21)50(39(12)68-90-53)63(88)75(52)22/h23,25,34-46,49-53,68H,24,26-33H2,1-22H3,(H,64,80)(H,65,79)(H,66,82)(H,67,81)(H,77,78)/b25-23+/t38-,39?,40+,41-,42-,43+,44+,45+,46+,49+,50+,51+,52-,53-/m1/s1. The Balaban J connectivity index is 3.01. The molecule has 1 unspecified atom stereocenters. The molecule has 512 valence electrons. The third kappa shape index (κ3) is 21.7. The van der Waals surface area contributed by atoms with Gasteiger partial charge in [0.05, 0.1) is 18.7 Å². The SMILES string of the molecule is C/C=C/C[C@@H](C)[C@H]1ONC(C)[C@H]2C(=O)N(C)[C@H]1C(=O)N[C@@H](CC)C(=O)N(C)CC(=O)N(C)[C@@H]([C@@H](C)OCCCC(=O)O)C(=O)N[C@@H](C(C)C)C(=O)N(C)[C@@H](CC(C)C)C(=O)N[C@@H](C)C(=O)N[C@H](C)C(=O)N(C)[C@@H](CC(C)C)C(=O)N(C)[C@@H](CC(C)C)C(=O)N2C. The predicted molar refractivity (Wildman–Crippen MR) is 338 cm³/mol. The van der Waals surface area contributed by atoms with E-state index in [0.29, 0.717) is 6.42 Å². The monoisotopic (exact) mass is 1270 g/mol. The molecule has 11 amide bonds. The first-order chi connectivity index (χ1) is 41.8. The first kappa shape index (κ1) is 79.4. The number of carbonyl (C=O) groups is 12. The molecule has 2 heterocycles. The van der Waals surface area contributed by atoms with Crippen LogP contribution < -0.4 is 26.7 Å². The van der Waals surface area contributed by atoms with Crippen LogP contribution in [0.25, 0.3) is 0 Å². The summed E-state index contributed by atoms with van der Waals surface area (Å²) in [4.78, 5) is 188. The zero-order valence-corrected chi connectivity index (χ0v) is 57.7. The van der Waals surface area contributed by atoms with Crippen molar-refractivity contribution in [3.8, 4) is 0 Å². The van der Waals surface area contributed by atoms with Crippen LogP contribution >= 0.6 is 0 Å². The van der Waals surface area contributed by atoms with E-state index in [1.807, 2.05) is 67.5 Å². The van der Waals surface area contributed by atoms with Gasteiger partial charge in [-0.2, -0.15) is 5.48 Å². The lowest BCUT2D eigenvalue weighted by Gasteiger charge is -2.45. The molecule has 2 bridgehead atoms. The Morgan fingerprint density at radius 3 is 1.60 bits per heavy atom. The number of carboxylic acids is 1. The molecular weight excluding hydrogens is 1160 g/mol. The predicted octanol–water partition coefficient (Wildman–Crippen LogP) is 1.77. The van der Waals surface area contributed by atoms with Crippen molar-refractivity contribution in [3.63, 3.8) is 0 Å². The lowest BCUT2D eigenvalue weighted by molar-refractivity contribution is -0.172. The molecule has 27 heteroatoms. The maximum Gasteiger partial charge on any atom is 0.303 e. The van der Waals surface area contributed by atoms with E-state index in [1.165, 1.54) is 94.6 Å². The molecule has 27 nitrogen and oxygen atoms in total. The number of hydrogen-bond donors (Lipinski definition) is 6. The van der Waals surface area contributed by atoms with Crippen molar-refractivity contribution in [3.05, 3.63) is 12.2 Å². The van der Waals surface area contributed by atoms with Crippen LogP contribution in [0.2, 0.25) is 0 Å². The average molecular weight is 1280 g/mol. The zero-order chi connectivity index (χ0) is 69.1. The van der Waals surface area contributed by atoms with Crippen LogP contribution in [0.15, 0.2) is 12.2 Å². The van der Waals surface area contributed by atoms with Crippen molar-refractivity contribution in [1.82, 2.24) is 61.0 Å². The van der Waals surface area contributed by atoms with Gasteiger partial charge in [-0.25, -0.2) is 0 Å². The molecule has 0 spiro atoms. The quantitative estimate of drug-likeness (QED) is 0.0893. The van der Waals surface area contributed by atoms with Crippen LogP contribution in [-0.2, 0) is 67.1 Å². The van der Waals surface area contributed by atoms with Gasteiger partial charge in [0.1, 0.15) is 66.5 Å². The molecule has 2 rings (SSSR count). The van der Waals surface area contributed by atoms with Gasteiger partial charge < -0.3 is 65.4 Å². The number of ether oxygens (including phenoxy) is 1. The van der Waals surface area contributed by atoms with E-state index in [2.05, 4.69) is 26.7 Å². The number of likely N-dealkylation sites (N-methyl/N-ethyl adjacent to an activating group) is 7. The molecular formula is C63H110N12O15.